The lowest BCUT2D eigenvalue weighted by Gasteiger charge is -2.15. The number of nitrogens with zero attached hydrogens (tertiary/aromatic N) is 1. The minimum absolute atomic E-state index is 0.328. The van der Waals surface area contributed by atoms with Crippen molar-refractivity contribution in [3.63, 3.8) is 0 Å². The first-order valence-corrected chi connectivity index (χ1v) is 4.18. The van der Waals surface area contributed by atoms with E-state index in [9.17, 15) is 8.78 Å². The molecule has 1 aliphatic heterocycles. The zero-order chi connectivity index (χ0) is 9.42. The summed E-state index contributed by atoms with van der Waals surface area (Å²) >= 11 is 0. The van der Waals surface area contributed by atoms with Crippen LogP contribution in [0.3, 0.4) is 0 Å². The average molecular weight is 181 g/mol. The maximum atomic E-state index is 13.3. The smallest absolute Gasteiger partial charge is 0.132 e. The number of hydrogen-bond acceptors (Lipinski definition) is 1. The van der Waals surface area contributed by atoms with Gasteiger partial charge >= 0.3 is 0 Å². The summed E-state index contributed by atoms with van der Waals surface area (Å²) in [5, 5.41) is 0. The fourth-order valence-corrected chi connectivity index (χ4v) is 1.64. The molecular weight excluding hydrogens is 172 g/mol. The molecule has 1 aromatic carbocycles. The Balaban J connectivity index is 2.70. The molecule has 0 fully saturated rings. The molecule has 68 valence electrons. The van der Waals surface area contributed by atoms with Gasteiger partial charge in [-0.15, -0.1) is 0 Å². The molecule has 0 unspecified atom stereocenters. The number of halogens is 2. The van der Waals surface area contributed by atoms with Crippen molar-refractivity contribution < 1.29 is 8.78 Å². The lowest BCUT2D eigenvalue weighted by atomic mass is 9.97. The third-order valence-electron chi connectivity index (χ3n) is 2.28. The van der Waals surface area contributed by atoms with Crippen LogP contribution in [0.4, 0.5) is 8.78 Å². The summed E-state index contributed by atoms with van der Waals surface area (Å²) in [4.78, 5) is 4.08. The van der Waals surface area contributed by atoms with Gasteiger partial charge in [0.2, 0.25) is 0 Å². The molecule has 13 heavy (non-hydrogen) atoms. The molecule has 1 nitrogen and oxygen atoms in total. The first-order valence-electron chi connectivity index (χ1n) is 4.18. The van der Waals surface area contributed by atoms with E-state index in [0.717, 1.165) is 6.07 Å². The highest BCUT2D eigenvalue weighted by atomic mass is 19.1. The van der Waals surface area contributed by atoms with Crippen LogP contribution in [0.5, 0.6) is 0 Å². The van der Waals surface area contributed by atoms with E-state index in [4.69, 9.17) is 0 Å². The molecule has 0 saturated carbocycles. The fourth-order valence-electron chi connectivity index (χ4n) is 1.64. The SMILES string of the molecule is CC1=NCCc2c(F)ccc(F)c21. The predicted octanol–water partition coefficient (Wildman–Crippen LogP) is 2.33. The van der Waals surface area contributed by atoms with Crippen LogP contribution >= 0.6 is 0 Å². The molecule has 0 aromatic heterocycles. The first-order chi connectivity index (χ1) is 6.20. The Morgan fingerprint density at radius 3 is 2.62 bits per heavy atom. The van der Waals surface area contributed by atoms with Crippen LogP contribution in [0, 0.1) is 11.6 Å². The van der Waals surface area contributed by atoms with Crippen LogP contribution in [0.25, 0.3) is 0 Å². The molecule has 2 rings (SSSR count). The van der Waals surface area contributed by atoms with Crippen molar-refractivity contribution >= 4 is 5.71 Å². The van der Waals surface area contributed by atoms with E-state index < -0.39 is 0 Å². The first kappa shape index (κ1) is 8.35. The summed E-state index contributed by atoms with van der Waals surface area (Å²) in [7, 11) is 0. The zero-order valence-electron chi connectivity index (χ0n) is 7.27. The lowest BCUT2D eigenvalue weighted by molar-refractivity contribution is 0.580. The van der Waals surface area contributed by atoms with Gasteiger partial charge in [0.1, 0.15) is 11.6 Å². The molecular formula is C10H9F2N. The van der Waals surface area contributed by atoms with Gasteiger partial charge in [-0.2, -0.15) is 0 Å². The van der Waals surface area contributed by atoms with Gasteiger partial charge in [-0.1, -0.05) is 0 Å². The van der Waals surface area contributed by atoms with Crippen molar-refractivity contribution in [1.29, 1.82) is 0 Å². The van der Waals surface area contributed by atoms with E-state index in [1.165, 1.54) is 6.07 Å². The molecule has 1 heterocycles. The fraction of sp³-hybridized carbons (Fsp3) is 0.300. The predicted molar refractivity (Wildman–Crippen MR) is 47.1 cm³/mol. The molecule has 0 radical (unpaired) electrons. The number of fused-ring (bicyclic) bond motifs is 1. The minimum Gasteiger partial charge on any atom is -0.289 e. The van der Waals surface area contributed by atoms with Crippen molar-refractivity contribution in [3.05, 3.63) is 34.9 Å². The maximum absolute atomic E-state index is 13.3. The molecule has 0 amide bonds. The number of aliphatic imine (C=N–C) groups is 1. The molecule has 0 atom stereocenters. The summed E-state index contributed by atoms with van der Waals surface area (Å²) in [6, 6.07) is 2.32. The highest BCUT2D eigenvalue weighted by Crippen LogP contribution is 2.22. The number of hydrogen-bond donors (Lipinski definition) is 0. The van der Waals surface area contributed by atoms with Crippen LogP contribution in [0.2, 0.25) is 0 Å². The molecule has 0 N–H and O–H groups in total. The summed E-state index contributed by atoms with van der Waals surface area (Å²) in [6.07, 6.45) is 0.496. The molecule has 0 bridgehead atoms. The van der Waals surface area contributed by atoms with Crippen LogP contribution < -0.4 is 0 Å². The van der Waals surface area contributed by atoms with Crippen LogP contribution in [-0.4, -0.2) is 12.3 Å². The van der Waals surface area contributed by atoms with E-state index in [1.54, 1.807) is 6.92 Å². The van der Waals surface area contributed by atoms with E-state index in [-0.39, 0.29) is 11.6 Å². The minimum atomic E-state index is -0.377. The van der Waals surface area contributed by atoms with Crippen molar-refractivity contribution in [1.82, 2.24) is 0 Å². The Hall–Kier alpha value is -1.25. The third-order valence-corrected chi connectivity index (χ3v) is 2.28. The Morgan fingerprint density at radius 1 is 1.23 bits per heavy atom. The van der Waals surface area contributed by atoms with Crippen LogP contribution in [-0.2, 0) is 6.42 Å². The molecule has 3 heteroatoms. The van der Waals surface area contributed by atoms with Gasteiger partial charge in [-0.3, -0.25) is 4.99 Å². The molecule has 0 saturated heterocycles. The summed E-state index contributed by atoms with van der Waals surface area (Å²) in [5.41, 5.74) is 1.41. The van der Waals surface area contributed by atoms with Gasteiger partial charge in [-0.05, 0) is 25.5 Å². The number of benzene rings is 1. The van der Waals surface area contributed by atoms with Crippen molar-refractivity contribution in [2.24, 2.45) is 4.99 Å². The standard InChI is InChI=1S/C10H9F2N/c1-6-10-7(4-5-13-6)8(11)2-3-9(10)12/h2-3H,4-5H2,1H3. The molecule has 0 spiro atoms. The van der Waals surface area contributed by atoms with Crippen molar-refractivity contribution in [3.8, 4) is 0 Å². The highest BCUT2D eigenvalue weighted by Gasteiger charge is 2.18. The maximum Gasteiger partial charge on any atom is 0.132 e. The average Bonchev–Trinajstić information content (AvgIpc) is 2.12. The topological polar surface area (TPSA) is 12.4 Å². The van der Waals surface area contributed by atoms with Gasteiger partial charge in [0, 0.05) is 23.4 Å². The van der Waals surface area contributed by atoms with Crippen molar-refractivity contribution in [2.45, 2.75) is 13.3 Å². The van der Waals surface area contributed by atoms with Gasteiger partial charge in [0.25, 0.3) is 0 Å². The van der Waals surface area contributed by atoms with Gasteiger partial charge in [0.05, 0.1) is 0 Å². The van der Waals surface area contributed by atoms with E-state index in [2.05, 4.69) is 4.99 Å². The second-order valence-electron chi connectivity index (χ2n) is 3.10. The number of rotatable bonds is 0. The molecule has 1 aliphatic rings. The monoisotopic (exact) mass is 181 g/mol. The van der Waals surface area contributed by atoms with Crippen molar-refractivity contribution in [2.75, 3.05) is 6.54 Å². The van der Waals surface area contributed by atoms with E-state index >= 15 is 0 Å². The van der Waals surface area contributed by atoms with Crippen LogP contribution in [0.15, 0.2) is 17.1 Å². The molecule has 0 aliphatic carbocycles. The van der Waals surface area contributed by atoms with Gasteiger partial charge in [0.15, 0.2) is 0 Å². The van der Waals surface area contributed by atoms with Gasteiger partial charge in [-0.25, -0.2) is 8.78 Å². The van der Waals surface area contributed by atoms with E-state index in [0.29, 0.717) is 29.8 Å². The van der Waals surface area contributed by atoms with Crippen LogP contribution in [0.1, 0.15) is 18.1 Å². The summed E-state index contributed by atoms with van der Waals surface area (Å²) < 4.78 is 26.5. The summed E-state index contributed by atoms with van der Waals surface area (Å²) in [6.45, 7) is 2.26. The normalized spacial score (nSPS) is 15.2. The van der Waals surface area contributed by atoms with Gasteiger partial charge < -0.3 is 0 Å². The Labute approximate surface area is 75.1 Å². The quantitative estimate of drug-likeness (QED) is 0.582. The zero-order valence-corrected chi connectivity index (χ0v) is 7.27. The third kappa shape index (κ3) is 1.24. The van der Waals surface area contributed by atoms with E-state index in [1.807, 2.05) is 0 Å². The Bertz CT molecular complexity index is 383. The Morgan fingerprint density at radius 2 is 1.92 bits per heavy atom. The largest absolute Gasteiger partial charge is 0.289 e. The lowest BCUT2D eigenvalue weighted by Crippen LogP contribution is -2.14. The summed E-state index contributed by atoms with van der Waals surface area (Å²) in [5.74, 6) is -0.706. The Kier molecular flexibility index (Phi) is 1.87. The second-order valence-corrected chi connectivity index (χ2v) is 3.10. The highest BCUT2D eigenvalue weighted by molar-refractivity contribution is 6.01. The second kappa shape index (κ2) is 2.91. The molecule has 1 aromatic rings.